The van der Waals surface area contributed by atoms with E-state index in [-0.39, 0.29) is 12.5 Å². The highest BCUT2D eigenvalue weighted by atomic mass is 16.6. The van der Waals surface area contributed by atoms with E-state index in [1.165, 1.54) is 0 Å². The molecule has 0 aliphatic carbocycles. The number of esters is 2. The van der Waals surface area contributed by atoms with Crippen molar-refractivity contribution < 1.29 is 19.1 Å². The summed E-state index contributed by atoms with van der Waals surface area (Å²) >= 11 is 0. The van der Waals surface area contributed by atoms with Gasteiger partial charge in [0.15, 0.2) is 6.61 Å². The number of nitrogens with two attached hydrogens (primary N) is 2. The minimum absolute atomic E-state index is 0.00841. The number of ether oxygens (including phenoxy) is 2. The third-order valence-corrected chi connectivity index (χ3v) is 2.65. The molecule has 0 aromatic carbocycles. The van der Waals surface area contributed by atoms with Crippen molar-refractivity contribution >= 4 is 11.9 Å². The molecule has 0 saturated carbocycles. The fourth-order valence-electron chi connectivity index (χ4n) is 1.23. The van der Waals surface area contributed by atoms with E-state index < -0.39 is 24.0 Å². The highest BCUT2D eigenvalue weighted by molar-refractivity contribution is 5.76. The first-order valence-electron chi connectivity index (χ1n) is 6.60. The fraction of sp³-hybridized carbons (Fsp3) is 0.769. The third-order valence-electron chi connectivity index (χ3n) is 2.65. The molecule has 111 valence electrons. The Bertz CT molecular complexity index is 282. The summed E-state index contributed by atoms with van der Waals surface area (Å²) in [4.78, 5) is 22.8. The second kappa shape index (κ2) is 9.75. The lowest BCUT2D eigenvalue weighted by Gasteiger charge is -2.14. The predicted molar refractivity (Wildman–Crippen MR) is 71.7 cm³/mol. The normalized spacial score (nSPS) is 14.0. The number of hydrogen-bond acceptors (Lipinski definition) is 6. The van der Waals surface area contributed by atoms with Gasteiger partial charge in [0.1, 0.15) is 18.7 Å². The van der Waals surface area contributed by atoms with E-state index in [0.717, 1.165) is 19.4 Å². The molecule has 0 aromatic heterocycles. The lowest BCUT2D eigenvalue weighted by molar-refractivity contribution is -0.150. The van der Waals surface area contributed by atoms with E-state index in [1.807, 2.05) is 20.8 Å². The lowest BCUT2D eigenvalue weighted by atomic mass is 10.1. The molecule has 0 heterocycles. The Labute approximate surface area is 114 Å². The molecule has 0 unspecified atom stereocenters. The molecule has 6 heteroatoms. The van der Waals surface area contributed by atoms with Gasteiger partial charge in [0.2, 0.25) is 0 Å². The maximum absolute atomic E-state index is 11.4. The van der Waals surface area contributed by atoms with Crippen LogP contribution in [0, 0.1) is 12.5 Å². The Hall–Kier alpha value is -1.14. The highest BCUT2D eigenvalue weighted by Gasteiger charge is 2.19. The van der Waals surface area contributed by atoms with Crippen molar-refractivity contribution in [3.05, 3.63) is 6.61 Å². The van der Waals surface area contributed by atoms with Crippen LogP contribution in [0.15, 0.2) is 0 Å². The van der Waals surface area contributed by atoms with Crippen LogP contribution in [0.1, 0.15) is 40.0 Å². The molecule has 0 rings (SSSR count). The van der Waals surface area contributed by atoms with Crippen LogP contribution in [-0.4, -0.2) is 30.6 Å². The van der Waals surface area contributed by atoms with E-state index in [2.05, 4.69) is 0 Å². The predicted octanol–water partition coefficient (Wildman–Crippen LogP) is 0.735. The molecular weight excluding hydrogens is 248 g/mol. The largest absolute Gasteiger partial charge is 0.460 e. The summed E-state index contributed by atoms with van der Waals surface area (Å²) in [5.41, 5.74) is 11.2. The van der Waals surface area contributed by atoms with E-state index in [9.17, 15) is 9.59 Å². The van der Waals surface area contributed by atoms with Gasteiger partial charge >= 0.3 is 11.9 Å². The summed E-state index contributed by atoms with van der Waals surface area (Å²) in [6.45, 7) is 6.66. The van der Waals surface area contributed by atoms with Crippen molar-refractivity contribution in [1.82, 2.24) is 0 Å². The molecule has 4 N–H and O–H groups in total. The zero-order chi connectivity index (χ0) is 14.8. The molecular formula is C13H25N2O4. The minimum Gasteiger partial charge on any atom is -0.460 e. The molecule has 19 heavy (non-hydrogen) atoms. The molecule has 0 aromatic rings. The molecule has 2 atom stereocenters. The number of carbonyl (C=O) groups excluding carboxylic acids is 2. The Morgan fingerprint density at radius 2 is 1.84 bits per heavy atom. The Morgan fingerprint density at radius 3 is 2.37 bits per heavy atom. The standard InChI is InChI=1S/C13H25N2O4/c1-4-5-6-10(14)12(16)18-7-8-19-13(17)11(15)9(2)3/h8-11H,4-7,14-15H2,1-3H3/t10-,11-/m0/s1. The van der Waals surface area contributed by atoms with Crippen LogP contribution in [0.2, 0.25) is 0 Å². The van der Waals surface area contributed by atoms with Gasteiger partial charge in [-0.15, -0.1) is 0 Å². The van der Waals surface area contributed by atoms with Gasteiger partial charge in [-0.1, -0.05) is 33.6 Å². The minimum atomic E-state index is -0.682. The molecule has 0 aliphatic rings. The zero-order valence-corrected chi connectivity index (χ0v) is 11.9. The van der Waals surface area contributed by atoms with Crippen LogP contribution in [0.5, 0.6) is 0 Å². The summed E-state index contributed by atoms with van der Waals surface area (Å²) in [7, 11) is 0. The first kappa shape index (κ1) is 17.9. The molecule has 0 saturated heterocycles. The maximum atomic E-state index is 11.4. The van der Waals surface area contributed by atoms with E-state index in [4.69, 9.17) is 20.9 Å². The summed E-state index contributed by atoms with van der Waals surface area (Å²) < 4.78 is 9.62. The second-order valence-corrected chi connectivity index (χ2v) is 4.75. The molecule has 0 amide bonds. The van der Waals surface area contributed by atoms with Crippen molar-refractivity contribution in [3.63, 3.8) is 0 Å². The van der Waals surface area contributed by atoms with Crippen molar-refractivity contribution in [1.29, 1.82) is 0 Å². The van der Waals surface area contributed by atoms with E-state index in [0.29, 0.717) is 6.42 Å². The summed E-state index contributed by atoms with van der Waals surface area (Å²) in [6, 6.07) is -1.30. The maximum Gasteiger partial charge on any atom is 0.323 e. The smallest absolute Gasteiger partial charge is 0.323 e. The monoisotopic (exact) mass is 273 g/mol. The highest BCUT2D eigenvalue weighted by Crippen LogP contribution is 2.03. The van der Waals surface area contributed by atoms with Gasteiger partial charge in [-0.3, -0.25) is 9.59 Å². The first-order chi connectivity index (χ1) is 8.90. The van der Waals surface area contributed by atoms with E-state index >= 15 is 0 Å². The van der Waals surface area contributed by atoms with Crippen LogP contribution in [0.3, 0.4) is 0 Å². The van der Waals surface area contributed by atoms with Crippen molar-refractivity contribution in [2.75, 3.05) is 6.61 Å². The van der Waals surface area contributed by atoms with Gasteiger partial charge in [-0.2, -0.15) is 0 Å². The van der Waals surface area contributed by atoms with Gasteiger partial charge in [-0.25, -0.2) is 0 Å². The Balaban J connectivity index is 3.74. The Kier molecular flexibility index (Phi) is 9.16. The molecule has 0 aliphatic heterocycles. The first-order valence-corrected chi connectivity index (χ1v) is 6.60. The van der Waals surface area contributed by atoms with Crippen LogP contribution in [0.25, 0.3) is 0 Å². The van der Waals surface area contributed by atoms with Crippen molar-refractivity contribution in [2.24, 2.45) is 17.4 Å². The average molecular weight is 273 g/mol. The fourth-order valence-corrected chi connectivity index (χ4v) is 1.23. The van der Waals surface area contributed by atoms with Gasteiger partial charge in [0, 0.05) is 0 Å². The summed E-state index contributed by atoms with van der Waals surface area (Å²) in [6.07, 6.45) is 2.43. The Morgan fingerprint density at radius 1 is 1.21 bits per heavy atom. The van der Waals surface area contributed by atoms with Gasteiger partial charge in [-0.05, 0) is 12.3 Å². The van der Waals surface area contributed by atoms with Gasteiger partial charge in [0.25, 0.3) is 0 Å². The third kappa shape index (κ3) is 7.79. The van der Waals surface area contributed by atoms with Crippen LogP contribution in [0.4, 0.5) is 0 Å². The average Bonchev–Trinajstić information content (AvgIpc) is 2.39. The van der Waals surface area contributed by atoms with Crippen LogP contribution < -0.4 is 11.5 Å². The summed E-state index contributed by atoms with van der Waals surface area (Å²) in [5, 5.41) is 0. The SMILES string of the molecule is CCCC[C@H](N)C(=O)OC[CH]OC(=O)[C@@H](N)C(C)C. The van der Waals surface area contributed by atoms with Crippen LogP contribution >= 0.6 is 0 Å². The topological polar surface area (TPSA) is 105 Å². The van der Waals surface area contributed by atoms with E-state index in [1.54, 1.807) is 0 Å². The number of unbranched alkanes of at least 4 members (excludes halogenated alkanes) is 1. The number of hydrogen-bond donors (Lipinski definition) is 2. The number of rotatable bonds is 9. The number of carbonyl (C=O) groups is 2. The molecule has 0 bridgehead atoms. The summed E-state index contributed by atoms with van der Waals surface area (Å²) in [5.74, 6) is -1.04. The molecule has 1 radical (unpaired) electrons. The van der Waals surface area contributed by atoms with Gasteiger partial charge in [0.05, 0.1) is 0 Å². The quantitative estimate of drug-likeness (QED) is 0.474. The van der Waals surface area contributed by atoms with Crippen LogP contribution in [-0.2, 0) is 19.1 Å². The molecule has 6 nitrogen and oxygen atoms in total. The lowest BCUT2D eigenvalue weighted by Crippen LogP contribution is -2.37. The molecule has 0 spiro atoms. The van der Waals surface area contributed by atoms with Gasteiger partial charge < -0.3 is 20.9 Å². The zero-order valence-electron chi connectivity index (χ0n) is 11.9. The van der Waals surface area contributed by atoms with Crippen molar-refractivity contribution in [3.8, 4) is 0 Å². The molecule has 0 fully saturated rings. The van der Waals surface area contributed by atoms with Crippen molar-refractivity contribution in [2.45, 2.75) is 52.1 Å². The second-order valence-electron chi connectivity index (χ2n) is 4.75.